The lowest BCUT2D eigenvalue weighted by Gasteiger charge is -2.36. The van der Waals surface area contributed by atoms with Crippen LogP contribution in [0.25, 0.3) is 38.2 Å². The average molecular weight is 646 g/mol. The number of benzene rings is 4. The second-order valence-corrected chi connectivity index (χ2v) is 13.3. The van der Waals surface area contributed by atoms with Crippen molar-refractivity contribution in [2.24, 2.45) is 0 Å². The van der Waals surface area contributed by atoms with E-state index in [0.29, 0.717) is 6.42 Å². The standard InChI is InChI=1S/C41H35N5OS/c1-3-13-37(47)40-43-35-22-20-29(24-38(35)48-40)36-25-42-39-23-21-30(26-45(36)39)34-27-46(44-28(34)2)41(31-14-7-4-8-15-31,32-16-9-5-10-17-32)33-18-11-6-12-19-33/h4-12,14-27,37,47H,3,13H2,1-2H3/t37-/m0/s1. The maximum absolute atomic E-state index is 10.6. The number of thiazole rings is 1. The molecule has 1 atom stereocenters. The highest BCUT2D eigenvalue weighted by Crippen LogP contribution is 2.42. The van der Waals surface area contributed by atoms with Crippen molar-refractivity contribution in [3.05, 3.63) is 167 Å². The summed E-state index contributed by atoms with van der Waals surface area (Å²) in [6.07, 6.45) is 7.37. The van der Waals surface area contributed by atoms with Crippen LogP contribution in [0, 0.1) is 6.92 Å². The van der Waals surface area contributed by atoms with Crippen molar-refractivity contribution in [1.82, 2.24) is 24.1 Å². The number of fused-ring (bicyclic) bond motifs is 2. The third-order valence-electron chi connectivity index (χ3n) is 9.18. The average Bonchev–Trinajstić information content (AvgIpc) is 3.86. The molecule has 0 unspecified atom stereocenters. The van der Waals surface area contributed by atoms with Crippen molar-refractivity contribution in [1.29, 1.82) is 0 Å². The van der Waals surface area contributed by atoms with Gasteiger partial charge < -0.3 is 5.11 Å². The molecule has 0 aliphatic heterocycles. The van der Waals surface area contributed by atoms with Crippen LogP contribution in [0.5, 0.6) is 0 Å². The number of aliphatic hydroxyl groups is 1. The first kappa shape index (κ1) is 30.0. The molecule has 4 aromatic heterocycles. The molecule has 236 valence electrons. The number of hydrogen-bond acceptors (Lipinski definition) is 5. The van der Waals surface area contributed by atoms with Gasteiger partial charge in [-0.2, -0.15) is 5.10 Å². The number of imidazole rings is 1. The molecule has 48 heavy (non-hydrogen) atoms. The second-order valence-electron chi connectivity index (χ2n) is 12.2. The summed E-state index contributed by atoms with van der Waals surface area (Å²) in [5.41, 5.74) is 9.57. The first-order valence-corrected chi connectivity index (χ1v) is 17.2. The Morgan fingerprint density at radius 2 is 1.40 bits per heavy atom. The largest absolute Gasteiger partial charge is 0.386 e. The van der Waals surface area contributed by atoms with Crippen LogP contribution in [-0.4, -0.2) is 29.3 Å². The fraction of sp³-hybridized carbons (Fsp3) is 0.146. The van der Waals surface area contributed by atoms with Crippen LogP contribution < -0.4 is 0 Å². The van der Waals surface area contributed by atoms with Gasteiger partial charge in [-0.1, -0.05) is 110 Å². The molecule has 4 heterocycles. The van der Waals surface area contributed by atoms with Crippen molar-refractivity contribution in [3.63, 3.8) is 0 Å². The number of rotatable bonds is 9. The quantitative estimate of drug-likeness (QED) is 0.159. The molecule has 7 heteroatoms. The van der Waals surface area contributed by atoms with Gasteiger partial charge >= 0.3 is 0 Å². The van der Waals surface area contributed by atoms with E-state index in [-0.39, 0.29) is 0 Å². The molecule has 0 aliphatic carbocycles. The van der Waals surface area contributed by atoms with Crippen LogP contribution in [0.4, 0.5) is 0 Å². The van der Waals surface area contributed by atoms with E-state index >= 15 is 0 Å². The van der Waals surface area contributed by atoms with Gasteiger partial charge in [-0.05, 0) is 54.3 Å². The summed E-state index contributed by atoms with van der Waals surface area (Å²) in [7, 11) is 0. The molecule has 0 saturated carbocycles. The van der Waals surface area contributed by atoms with Gasteiger partial charge in [-0.15, -0.1) is 11.3 Å². The Hall–Kier alpha value is -5.37. The zero-order chi connectivity index (χ0) is 32.7. The van der Waals surface area contributed by atoms with Crippen LogP contribution in [0.1, 0.15) is 53.3 Å². The van der Waals surface area contributed by atoms with E-state index in [1.165, 1.54) is 0 Å². The number of aromatic nitrogens is 5. The Morgan fingerprint density at radius 1 is 0.771 bits per heavy atom. The summed E-state index contributed by atoms with van der Waals surface area (Å²) < 4.78 is 5.35. The summed E-state index contributed by atoms with van der Waals surface area (Å²) in [6, 6.07) is 42.4. The SMILES string of the molecule is CCC[C@H](O)c1nc2ccc(-c3cnc4ccc(-c5cn(C(c6ccccc6)(c6ccccc6)c6ccccc6)nc5C)cn34)cc2s1. The van der Waals surface area contributed by atoms with E-state index in [1.807, 2.05) is 12.3 Å². The minimum atomic E-state index is -0.690. The molecular weight excluding hydrogens is 611 g/mol. The second kappa shape index (κ2) is 12.3. The Bertz CT molecular complexity index is 2240. The Balaban J connectivity index is 1.26. The van der Waals surface area contributed by atoms with E-state index in [9.17, 15) is 5.11 Å². The van der Waals surface area contributed by atoms with Gasteiger partial charge in [0.25, 0.3) is 0 Å². The Morgan fingerprint density at radius 3 is 2.02 bits per heavy atom. The maximum atomic E-state index is 10.6. The molecule has 0 amide bonds. The summed E-state index contributed by atoms with van der Waals surface area (Å²) in [4.78, 5) is 9.45. The van der Waals surface area contributed by atoms with Crippen molar-refractivity contribution in [3.8, 4) is 22.4 Å². The molecule has 6 nitrogen and oxygen atoms in total. The Labute approximate surface area is 283 Å². The number of pyridine rings is 1. The van der Waals surface area contributed by atoms with E-state index in [0.717, 1.165) is 72.1 Å². The molecule has 0 spiro atoms. The van der Waals surface area contributed by atoms with Crippen LogP contribution in [0.3, 0.4) is 0 Å². The molecule has 1 N–H and O–H groups in total. The molecule has 8 rings (SSSR count). The fourth-order valence-corrected chi connectivity index (χ4v) is 7.87. The van der Waals surface area contributed by atoms with E-state index in [2.05, 4.69) is 151 Å². The predicted octanol–water partition coefficient (Wildman–Crippen LogP) is 9.46. The molecule has 8 aromatic rings. The molecule has 0 radical (unpaired) electrons. The molecule has 0 bridgehead atoms. The number of aryl methyl sites for hydroxylation is 1. The fourth-order valence-electron chi connectivity index (χ4n) is 6.84. The van der Waals surface area contributed by atoms with Gasteiger partial charge in [0.05, 0.1) is 27.8 Å². The van der Waals surface area contributed by atoms with Crippen molar-refractivity contribution in [2.45, 2.75) is 38.3 Å². The van der Waals surface area contributed by atoms with E-state index in [4.69, 9.17) is 15.1 Å². The first-order valence-electron chi connectivity index (χ1n) is 16.4. The van der Waals surface area contributed by atoms with Crippen LogP contribution in [0.2, 0.25) is 0 Å². The molecule has 4 aromatic carbocycles. The van der Waals surface area contributed by atoms with Crippen molar-refractivity contribution >= 4 is 27.2 Å². The smallest absolute Gasteiger partial charge is 0.138 e. The lowest BCUT2D eigenvalue weighted by atomic mass is 9.77. The summed E-state index contributed by atoms with van der Waals surface area (Å²) in [5.74, 6) is 0. The lowest BCUT2D eigenvalue weighted by Crippen LogP contribution is -2.38. The first-order chi connectivity index (χ1) is 23.6. The topological polar surface area (TPSA) is 68.2 Å². The van der Waals surface area contributed by atoms with Gasteiger partial charge in [-0.25, -0.2) is 9.97 Å². The van der Waals surface area contributed by atoms with E-state index < -0.39 is 11.6 Å². The highest BCUT2D eigenvalue weighted by Gasteiger charge is 2.39. The number of hydrogen-bond donors (Lipinski definition) is 1. The van der Waals surface area contributed by atoms with Gasteiger partial charge in [-0.3, -0.25) is 9.08 Å². The van der Waals surface area contributed by atoms with Crippen molar-refractivity contribution < 1.29 is 5.11 Å². The van der Waals surface area contributed by atoms with Crippen LogP contribution >= 0.6 is 11.3 Å². The van der Waals surface area contributed by atoms with E-state index in [1.54, 1.807) is 11.3 Å². The predicted molar refractivity (Wildman–Crippen MR) is 194 cm³/mol. The number of nitrogens with zero attached hydrogens (tertiary/aromatic N) is 5. The van der Waals surface area contributed by atoms with Gasteiger partial charge in [0, 0.05) is 29.1 Å². The minimum absolute atomic E-state index is 0.525. The molecule has 0 aliphatic rings. The molecule has 0 saturated heterocycles. The zero-order valence-electron chi connectivity index (χ0n) is 26.9. The summed E-state index contributed by atoms with van der Waals surface area (Å²) in [5, 5.41) is 16.6. The molecule has 0 fully saturated rings. The van der Waals surface area contributed by atoms with Gasteiger partial charge in [0.15, 0.2) is 0 Å². The monoisotopic (exact) mass is 645 g/mol. The minimum Gasteiger partial charge on any atom is -0.386 e. The highest BCUT2D eigenvalue weighted by atomic mass is 32.1. The third kappa shape index (κ3) is 5.03. The number of aliphatic hydroxyl groups excluding tert-OH is 1. The highest BCUT2D eigenvalue weighted by molar-refractivity contribution is 7.18. The third-order valence-corrected chi connectivity index (χ3v) is 10.3. The summed E-state index contributed by atoms with van der Waals surface area (Å²) >= 11 is 1.56. The van der Waals surface area contributed by atoms with Gasteiger partial charge in [0.2, 0.25) is 0 Å². The summed E-state index contributed by atoms with van der Waals surface area (Å²) in [6.45, 7) is 4.16. The zero-order valence-corrected chi connectivity index (χ0v) is 27.7. The van der Waals surface area contributed by atoms with Crippen molar-refractivity contribution in [2.75, 3.05) is 0 Å². The lowest BCUT2D eigenvalue weighted by molar-refractivity contribution is 0.166. The van der Waals surface area contributed by atoms with Gasteiger partial charge in [0.1, 0.15) is 22.3 Å². The maximum Gasteiger partial charge on any atom is 0.138 e. The van der Waals surface area contributed by atoms with Crippen LogP contribution in [0.15, 0.2) is 140 Å². The Kier molecular flexibility index (Phi) is 7.71. The molecular formula is C41H35N5OS. The normalized spacial score (nSPS) is 12.6. The van der Waals surface area contributed by atoms with Crippen LogP contribution in [-0.2, 0) is 5.54 Å².